The van der Waals surface area contributed by atoms with Crippen LogP contribution in [-0.2, 0) is 4.79 Å². The van der Waals surface area contributed by atoms with Gasteiger partial charge in [0.15, 0.2) is 0 Å². The summed E-state index contributed by atoms with van der Waals surface area (Å²) >= 11 is 0. The zero-order valence-corrected chi connectivity index (χ0v) is 21.0. The molecule has 1 aromatic carbocycles. The van der Waals surface area contributed by atoms with Crippen molar-refractivity contribution in [2.75, 3.05) is 13.2 Å². The zero-order chi connectivity index (χ0) is 26.1. The molecular formula is C27H32FN5O4. The summed E-state index contributed by atoms with van der Waals surface area (Å²) in [5.74, 6) is 0.202. The molecule has 0 spiro atoms. The third kappa shape index (κ3) is 5.44. The van der Waals surface area contributed by atoms with Crippen molar-refractivity contribution in [2.24, 2.45) is 11.8 Å². The van der Waals surface area contributed by atoms with Crippen molar-refractivity contribution in [3.63, 3.8) is 0 Å². The molecule has 2 heterocycles. The van der Waals surface area contributed by atoms with Gasteiger partial charge in [0, 0.05) is 23.3 Å². The fraction of sp³-hybridized carbons (Fsp3) is 0.481. The van der Waals surface area contributed by atoms with Gasteiger partial charge in [-0.05, 0) is 69.1 Å². The normalized spacial score (nSPS) is 21.6. The van der Waals surface area contributed by atoms with Crippen LogP contribution in [0, 0.1) is 24.6 Å². The molecule has 2 aliphatic rings. The first-order chi connectivity index (χ1) is 17.8. The van der Waals surface area contributed by atoms with Crippen molar-refractivity contribution in [3.8, 4) is 17.0 Å². The van der Waals surface area contributed by atoms with Gasteiger partial charge in [0.2, 0.25) is 5.91 Å². The van der Waals surface area contributed by atoms with Crippen LogP contribution < -0.4 is 15.4 Å². The summed E-state index contributed by atoms with van der Waals surface area (Å²) in [6.07, 6.45) is 5.78. The molecule has 0 radical (unpaired) electrons. The predicted molar refractivity (Wildman–Crippen MR) is 136 cm³/mol. The number of amides is 2. The van der Waals surface area contributed by atoms with Crippen LogP contribution in [0.3, 0.4) is 0 Å². The Labute approximate surface area is 214 Å². The Kier molecular flexibility index (Phi) is 7.10. The first kappa shape index (κ1) is 25.1. The Morgan fingerprint density at radius 1 is 1.19 bits per heavy atom. The fourth-order valence-electron chi connectivity index (χ4n) is 5.16. The number of H-pyrrole nitrogens is 1. The Morgan fingerprint density at radius 3 is 2.73 bits per heavy atom. The number of carbonyl (C=O) groups excluding carboxylic acids is 2. The Bertz CT molecular complexity index is 1320. The molecule has 9 nitrogen and oxygen atoms in total. The topological polar surface area (TPSA) is 129 Å². The average Bonchev–Trinajstić information content (AvgIpc) is 3.64. The van der Waals surface area contributed by atoms with Crippen LogP contribution in [0.15, 0.2) is 24.5 Å². The van der Waals surface area contributed by atoms with Gasteiger partial charge in [0.25, 0.3) is 5.91 Å². The van der Waals surface area contributed by atoms with E-state index in [4.69, 9.17) is 9.84 Å². The summed E-state index contributed by atoms with van der Waals surface area (Å²) in [4.78, 5) is 37.0. The number of carbonyl (C=O) groups is 2. The van der Waals surface area contributed by atoms with Crippen LogP contribution in [0.5, 0.6) is 5.75 Å². The van der Waals surface area contributed by atoms with Crippen molar-refractivity contribution in [3.05, 3.63) is 41.6 Å². The van der Waals surface area contributed by atoms with Crippen molar-refractivity contribution < 1.29 is 23.8 Å². The number of benzene rings is 1. The molecule has 3 aromatic rings. The van der Waals surface area contributed by atoms with E-state index in [1.54, 1.807) is 13.0 Å². The number of nitrogens with zero attached hydrogens (tertiary/aromatic N) is 2. The van der Waals surface area contributed by atoms with Gasteiger partial charge in [0.1, 0.15) is 35.7 Å². The molecule has 3 atom stereocenters. The Morgan fingerprint density at radius 2 is 2.00 bits per heavy atom. The summed E-state index contributed by atoms with van der Waals surface area (Å²) in [6, 6.07) is 4.30. The lowest BCUT2D eigenvalue weighted by Crippen LogP contribution is -2.48. The van der Waals surface area contributed by atoms with Crippen LogP contribution >= 0.6 is 0 Å². The van der Waals surface area contributed by atoms with Crippen LogP contribution in [-0.4, -0.2) is 57.2 Å². The van der Waals surface area contributed by atoms with Gasteiger partial charge in [-0.25, -0.2) is 14.4 Å². The van der Waals surface area contributed by atoms with Crippen molar-refractivity contribution in [2.45, 2.75) is 58.0 Å². The summed E-state index contributed by atoms with van der Waals surface area (Å²) in [5, 5.41) is 15.0. The molecule has 0 bridgehead atoms. The maximum atomic E-state index is 14.3. The molecule has 0 aliphatic heterocycles. The molecule has 0 unspecified atom stereocenters. The molecule has 2 fully saturated rings. The number of hydrogen-bond acceptors (Lipinski definition) is 6. The van der Waals surface area contributed by atoms with Gasteiger partial charge in [-0.15, -0.1) is 0 Å². The molecule has 196 valence electrons. The molecular weight excluding hydrogens is 477 g/mol. The number of aryl methyl sites for hydroxylation is 1. The molecule has 10 heteroatoms. The standard InChI is InChI=1S/C27H32FN5O4/c1-14-9-18(6-7-20(14)33-22(35)11-34)32-27(36)23-15(2)31-26-24(29-13-30-25(23)26)19-10-17(28)5-8-21(19)37-12-16-3-4-16/h5,8,10,13-14,16,18,20,31,34H,3-4,6-7,9,11-12H2,1-2H3,(H,32,36)(H,33,35)/t14-,18-,20-/m1/s1. The van der Waals surface area contributed by atoms with Crippen molar-refractivity contribution >= 4 is 22.8 Å². The van der Waals surface area contributed by atoms with Gasteiger partial charge in [0.05, 0.1) is 17.7 Å². The number of aromatic nitrogens is 3. The molecule has 37 heavy (non-hydrogen) atoms. The zero-order valence-electron chi connectivity index (χ0n) is 21.0. The smallest absolute Gasteiger partial charge is 0.255 e. The number of aliphatic hydroxyl groups excluding tert-OH is 1. The van der Waals surface area contributed by atoms with Crippen LogP contribution in [0.4, 0.5) is 4.39 Å². The minimum absolute atomic E-state index is 0.0273. The number of fused-ring (bicyclic) bond motifs is 1. The molecule has 2 aromatic heterocycles. The number of hydrogen-bond donors (Lipinski definition) is 4. The van der Waals surface area contributed by atoms with E-state index in [1.807, 2.05) is 6.92 Å². The molecule has 2 aliphatic carbocycles. The van der Waals surface area contributed by atoms with Gasteiger partial charge < -0.3 is 25.5 Å². The first-order valence-electron chi connectivity index (χ1n) is 12.8. The monoisotopic (exact) mass is 509 g/mol. The largest absolute Gasteiger partial charge is 0.493 e. The highest BCUT2D eigenvalue weighted by atomic mass is 19.1. The van der Waals surface area contributed by atoms with Crippen LogP contribution in [0.25, 0.3) is 22.3 Å². The van der Waals surface area contributed by atoms with Gasteiger partial charge >= 0.3 is 0 Å². The maximum Gasteiger partial charge on any atom is 0.255 e. The number of halogens is 1. The van der Waals surface area contributed by atoms with E-state index in [0.717, 1.165) is 12.8 Å². The highest BCUT2D eigenvalue weighted by Crippen LogP contribution is 2.37. The van der Waals surface area contributed by atoms with Gasteiger partial charge in [-0.3, -0.25) is 9.59 Å². The fourth-order valence-corrected chi connectivity index (χ4v) is 5.16. The lowest BCUT2D eigenvalue weighted by molar-refractivity contribution is -0.125. The van der Waals surface area contributed by atoms with E-state index in [9.17, 15) is 14.0 Å². The number of aliphatic hydroxyl groups is 1. The molecule has 4 N–H and O–H groups in total. The van der Waals surface area contributed by atoms with Gasteiger partial charge in [-0.1, -0.05) is 6.92 Å². The van der Waals surface area contributed by atoms with Crippen LogP contribution in [0.2, 0.25) is 0 Å². The molecule has 5 rings (SSSR count). The highest BCUT2D eigenvalue weighted by molar-refractivity contribution is 6.09. The second kappa shape index (κ2) is 10.5. The second-order valence-electron chi connectivity index (χ2n) is 10.3. The Balaban J connectivity index is 1.38. The van der Waals surface area contributed by atoms with E-state index in [1.165, 1.54) is 18.5 Å². The number of rotatable bonds is 8. The van der Waals surface area contributed by atoms with E-state index in [0.29, 0.717) is 71.1 Å². The highest BCUT2D eigenvalue weighted by Gasteiger charge is 2.31. The van der Waals surface area contributed by atoms with E-state index in [2.05, 4.69) is 25.6 Å². The van der Waals surface area contributed by atoms with E-state index in [-0.39, 0.29) is 29.8 Å². The molecule has 2 saturated carbocycles. The lowest BCUT2D eigenvalue weighted by Gasteiger charge is -2.34. The number of nitrogens with one attached hydrogen (secondary N) is 3. The second-order valence-corrected chi connectivity index (χ2v) is 10.3. The summed E-state index contributed by atoms with van der Waals surface area (Å²) in [7, 11) is 0. The average molecular weight is 510 g/mol. The summed E-state index contributed by atoms with van der Waals surface area (Å²) < 4.78 is 20.3. The number of aromatic amines is 1. The minimum Gasteiger partial charge on any atom is -0.493 e. The quantitative estimate of drug-likeness (QED) is 0.369. The predicted octanol–water partition coefficient (Wildman–Crippen LogP) is 3.26. The van der Waals surface area contributed by atoms with E-state index >= 15 is 0 Å². The maximum absolute atomic E-state index is 14.3. The number of ether oxygens (including phenoxy) is 1. The molecule has 0 saturated heterocycles. The van der Waals surface area contributed by atoms with Crippen molar-refractivity contribution in [1.82, 2.24) is 25.6 Å². The third-order valence-corrected chi connectivity index (χ3v) is 7.36. The summed E-state index contributed by atoms with van der Waals surface area (Å²) in [6.45, 7) is 3.88. The first-order valence-corrected chi connectivity index (χ1v) is 12.8. The minimum atomic E-state index is -0.531. The third-order valence-electron chi connectivity index (χ3n) is 7.36. The Hall–Kier alpha value is -3.53. The van der Waals surface area contributed by atoms with Crippen molar-refractivity contribution in [1.29, 1.82) is 0 Å². The SMILES string of the molecule is Cc1[nH]c2c(-c3cc(F)ccc3OCC3CC3)ncnc2c1C(=O)N[C@@H]1CC[C@@H](NC(=O)CO)[C@H](C)C1. The lowest BCUT2D eigenvalue weighted by atomic mass is 9.82. The van der Waals surface area contributed by atoms with Gasteiger partial charge in [-0.2, -0.15) is 0 Å². The summed E-state index contributed by atoms with van der Waals surface area (Å²) in [5.41, 5.74) is 3.08. The van der Waals surface area contributed by atoms with Crippen LogP contribution in [0.1, 0.15) is 55.1 Å². The van der Waals surface area contributed by atoms with E-state index < -0.39 is 12.4 Å². The molecule has 2 amide bonds.